The summed E-state index contributed by atoms with van der Waals surface area (Å²) in [6.07, 6.45) is 1.31. The maximum absolute atomic E-state index is 12.0. The summed E-state index contributed by atoms with van der Waals surface area (Å²) in [5.74, 6) is -0.00613. The van der Waals surface area contributed by atoms with Crippen molar-refractivity contribution in [1.82, 2.24) is 9.97 Å². The molecule has 0 aliphatic rings. The van der Waals surface area contributed by atoms with Crippen LogP contribution in [0.5, 0.6) is 5.75 Å². The average molecular weight is 329 g/mol. The van der Waals surface area contributed by atoms with Gasteiger partial charge in [-0.2, -0.15) is 0 Å². The molecule has 0 saturated carbocycles. The van der Waals surface area contributed by atoms with E-state index in [-0.39, 0.29) is 10.7 Å². The van der Waals surface area contributed by atoms with Crippen LogP contribution < -0.4 is 4.74 Å². The summed E-state index contributed by atoms with van der Waals surface area (Å²) in [4.78, 5) is 20.0. The van der Waals surface area contributed by atoms with E-state index in [9.17, 15) is 4.79 Å². The molecule has 0 saturated heterocycles. The fourth-order valence-corrected chi connectivity index (χ4v) is 2.39. The second-order valence-corrected chi connectivity index (χ2v) is 5.16. The monoisotopic (exact) mass is 328 g/mol. The molecule has 116 valence electrons. The molecule has 1 aromatic heterocycles. The van der Waals surface area contributed by atoms with Crippen LogP contribution in [-0.4, -0.2) is 23.0 Å². The Bertz CT molecular complexity index is 853. The standard InChI is InChI=1S/C17H13ClN2O3/c1-22-17(21)14-8-12(23-9-11-5-3-2-4-6-11)7-13-15(14)19-10-20-16(13)18/h2-8,10H,9H2,1H3. The lowest BCUT2D eigenvalue weighted by molar-refractivity contribution is 0.0602. The summed E-state index contributed by atoms with van der Waals surface area (Å²) in [6, 6.07) is 13.0. The molecule has 3 aromatic rings. The number of carbonyl (C=O) groups excluding carboxylic acids is 1. The maximum atomic E-state index is 12.0. The van der Waals surface area contributed by atoms with Gasteiger partial charge in [0.2, 0.25) is 0 Å². The van der Waals surface area contributed by atoms with E-state index in [4.69, 9.17) is 21.1 Å². The Hall–Kier alpha value is -2.66. The third kappa shape index (κ3) is 3.24. The van der Waals surface area contributed by atoms with E-state index in [1.807, 2.05) is 30.3 Å². The number of ether oxygens (including phenoxy) is 2. The Morgan fingerprint density at radius 2 is 1.96 bits per heavy atom. The number of methoxy groups -OCH3 is 1. The summed E-state index contributed by atoms with van der Waals surface area (Å²) < 4.78 is 10.6. The molecular weight excluding hydrogens is 316 g/mol. The van der Waals surface area contributed by atoms with Crippen molar-refractivity contribution >= 4 is 28.5 Å². The maximum Gasteiger partial charge on any atom is 0.340 e. The van der Waals surface area contributed by atoms with Gasteiger partial charge in [-0.25, -0.2) is 14.8 Å². The molecule has 0 spiro atoms. The van der Waals surface area contributed by atoms with Crippen LogP contribution in [-0.2, 0) is 11.3 Å². The van der Waals surface area contributed by atoms with E-state index < -0.39 is 5.97 Å². The Morgan fingerprint density at radius 1 is 1.17 bits per heavy atom. The van der Waals surface area contributed by atoms with Crippen molar-refractivity contribution in [2.75, 3.05) is 7.11 Å². The quantitative estimate of drug-likeness (QED) is 0.540. The van der Waals surface area contributed by atoms with Gasteiger partial charge >= 0.3 is 5.97 Å². The highest BCUT2D eigenvalue weighted by molar-refractivity contribution is 6.34. The summed E-state index contributed by atoms with van der Waals surface area (Å²) >= 11 is 6.11. The number of halogens is 1. The Morgan fingerprint density at radius 3 is 2.70 bits per heavy atom. The van der Waals surface area contributed by atoms with Crippen LogP contribution in [0.2, 0.25) is 5.15 Å². The van der Waals surface area contributed by atoms with Crippen LogP contribution in [0.3, 0.4) is 0 Å². The minimum absolute atomic E-state index is 0.255. The number of rotatable bonds is 4. The van der Waals surface area contributed by atoms with Gasteiger partial charge in [0.15, 0.2) is 0 Å². The first-order valence-corrected chi connectivity index (χ1v) is 7.26. The molecule has 5 nitrogen and oxygen atoms in total. The number of benzene rings is 2. The number of nitrogens with zero attached hydrogens (tertiary/aromatic N) is 2. The minimum atomic E-state index is -0.505. The third-order valence-electron chi connectivity index (χ3n) is 3.32. The van der Waals surface area contributed by atoms with Crippen molar-refractivity contribution in [3.05, 3.63) is 65.1 Å². The predicted molar refractivity (Wildman–Crippen MR) is 86.7 cm³/mol. The van der Waals surface area contributed by atoms with Crippen molar-refractivity contribution in [2.24, 2.45) is 0 Å². The lowest BCUT2D eigenvalue weighted by Crippen LogP contribution is -2.05. The van der Waals surface area contributed by atoms with Gasteiger partial charge in [-0.15, -0.1) is 0 Å². The van der Waals surface area contributed by atoms with Crippen LogP contribution in [0, 0.1) is 0 Å². The first kappa shape index (κ1) is 15.2. The van der Waals surface area contributed by atoms with Gasteiger partial charge in [0.25, 0.3) is 0 Å². The highest BCUT2D eigenvalue weighted by Crippen LogP contribution is 2.28. The van der Waals surface area contributed by atoms with Crippen molar-refractivity contribution in [3.8, 4) is 5.75 Å². The highest BCUT2D eigenvalue weighted by atomic mass is 35.5. The zero-order chi connectivity index (χ0) is 16.2. The Labute approximate surface area is 137 Å². The molecule has 23 heavy (non-hydrogen) atoms. The molecule has 1 heterocycles. The Kier molecular flexibility index (Phi) is 4.39. The van der Waals surface area contributed by atoms with Gasteiger partial charge in [-0.05, 0) is 17.7 Å². The first-order valence-electron chi connectivity index (χ1n) is 6.88. The number of aromatic nitrogens is 2. The molecule has 2 aromatic carbocycles. The van der Waals surface area contributed by atoms with Crippen molar-refractivity contribution < 1.29 is 14.3 Å². The highest BCUT2D eigenvalue weighted by Gasteiger charge is 2.16. The molecule has 0 bridgehead atoms. The SMILES string of the molecule is COC(=O)c1cc(OCc2ccccc2)cc2c(Cl)ncnc12. The third-order valence-corrected chi connectivity index (χ3v) is 3.62. The minimum Gasteiger partial charge on any atom is -0.489 e. The van der Waals surface area contributed by atoms with E-state index >= 15 is 0 Å². The van der Waals surface area contributed by atoms with Crippen molar-refractivity contribution in [1.29, 1.82) is 0 Å². The average Bonchev–Trinajstić information content (AvgIpc) is 2.60. The number of hydrogen-bond donors (Lipinski definition) is 0. The van der Waals surface area contributed by atoms with Gasteiger partial charge in [-0.3, -0.25) is 0 Å². The van der Waals surface area contributed by atoms with Crippen LogP contribution in [0.25, 0.3) is 10.9 Å². The summed E-state index contributed by atoms with van der Waals surface area (Å²) in [7, 11) is 1.31. The predicted octanol–water partition coefficient (Wildman–Crippen LogP) is 3.65. The number of hydrogen-bond acceptors (Lipinski definition) is 5. The molecule has 0 atom stereocenters. The molecule has 0 radical (unpaired) electrons. The van der Waals surface area contributed by atoms with E-state index in [2.05, 4.69) is 9.97 Å². The van der Waals surface area contributed by atoms with Gasteiger partial charge in [0, 0.05) is 5.39 Å². The number of carbonyl (C=O) groups is 1. The largest absolute Gasteiger partial charge is 0.489 e. The summed E-state index contributed by atoms with van der Waals surface area (Å²) in [5.41, 5.74) is 1.74. The van der Waals surface area contributed by atoms with E-state index in [1.165, 1.54) is 13.4 Å². The van der Waals surface area contributed by atoms with Gasteiger partial charge < -0.3 is 9.47 Å². The molecule has 0 fully saturated rings. The fourth-order valence-electron chi connectivity index (χ4n) is 2.20. The second kappa shape index (κ2) is 6.62. The molecule has 0 amide bonds. The lowest BCUT2D eigenvalue weighted by atomic mass is 10.1. The molecular formula is C17H13ClN2O3. The molecule has 3 rings (SSSR count). The zero-order valence-electron chi connectivity index (χ0n) is 12.3. The van der Waals surface area contributed by atoms with E-state index in [0.717, 1.165) is 5.56 Å². The van der Waals surface area contributed by atoms with E-state index in [0.29, 0.717) is 23.3 Å². The van der Waals surface area contributed by atoms with Gasteiger partial charge in [0.1, 0.15) is 23.8 Å². The van der Waals surface area contributed by atoms with Crippen molar-refractivity contribution in [3.63, 3.8) is 0 Å². The lowest BCUT2D eigenvalue weighted by Gasteiger charge is -2.10. The Balaban J connectivity index is 2.00. The van der Waals surface area contributed by atoms with Crippen LogP contribution in [0.4, 0.5) is 0 Å². The van der Waals surface area contributed by atoms with Crippen LogP contribution in [0.1, 0.15) is 15.9 Å². The topological polar surface area (TPSA) is 61.3 Å². The number of esters is 1. The normalized spacial score (nSPS) is 10.5. The summed E-state index contributed by atoms with van der Waals surface area (Å²) in [5, 5.41) is 0.797. The number of fused-ring (bicyclic) bond motifs is 1. The molecule has 0 aliphatic heterocycles. The van der Waals surface area contributed by atoms with Gasteiger partial charge in [0.05, 0.1) is 18.2 Å². The van der Waals surface area contributed by atoms with E-state index in [1.54, 1.807) is 12.1 Å². The zero-order valence-corrected chi connectivity index (χ0v) is 13.1. The van der Waals surface area contributed by atoms with Crippen molar-refractivity contribution in [2.45, 2.75) is 6.61 Å². The van der Waals surface area contributed by atoms with Gasteiger partial charge in [-0.1, -0.05) is 41.9 Å². The fraction of sp³-hybridized carbons (Fsp3) is 0.118. The second-order valence-electron chi connectivity index (χ2n) is 4.80. The molecule has 0 aliphatic carbocycles. The molecule has 0 unspecified atom stereocenters. The molecule has 6 heteroatoms. The molecule has 0 N–H and O–H groups in total. The first-order chi connectivity index (χ1) is 11.2. The smallest absolute Gasteiger partial charge is 0.340 e. The van der Waals surface area contributed by atoms with Crippen LogP contribution in [0.15, 0.2) is 48.8 Å². The summed E-state index contributed by atoms with van der Waals surface area (Å²) in [6.45, 7) is 0.373. The van der Waals surface area contributed by atoms with Crippen LogP contribution >= 0.6 is 11.6 Å².